The van der Waals surface area contributed by atoms with E-state index >= 15 is 0 Å². The molecule has 50 heavy (non-hydrogen) atoms. The highest BCUT2D eigenvalue weighted by molar-refractivity contribution is 6.02. The van der Waals surface area contributed by atoms with E-state index in [1.54, 1.807) is 6.07 Å². The molecule has 254 valence electrons. The molecule has 2 aliphatic rings. The van der Waals surface area contributed by atoms with E-state index < -0.39 is 11.9 Å². The van der Waals surface area contributed by atoms with Gasteiger partial charge in [-0.05, 0) is 128 Å². The lowest BCUT2D eigenvalue weighted by atomic mass is 9.76. The van der Waals surface area contributed by atoms with Crippen LogP contribution in [0.5, 0.6) is 0 Å². The molecule has 0 radical (unpaired) electrons. The van der Waals surface area contributed by atoms with Crippen molar-refractivity contribution in [2.24, 2.45) is 0 Å². The van der Waals surface area contributed by atoms with Crippen molar-refractivity contribution in [2.75, 3.05) is 0 Å². The third-order valence-electron chi connectivity index (χ3n) is 12.6. The third kappa shape index (κ3) is 5.11. The van der Waals surface area contributed by atoms with Crippen LogP contribution in [0, 0.1) is 0 Å². The van der Waals surface area contributed by atoms with Crippen molar-refractivity contribution in [1.82, 2.24) is 0 Å². The van der Waals surface area contributed by atoms with Crippen LogP contribution in [-0.4, -0.2) is 22.2 Å². The molecule has 2 aliphatic carbocycles. The van der Waals surface area contributed by atoms with Gasteiger partial charge in [-0.15, -0.1) is 0 Å². The summed E-state index contributed by atoms with van der Waals surface area (Å²) in [6.45, 7) is 13.7. The Bertz CT molecular complexity index is 2150. The fraction of sp³-hybridized carbons (Fsp3) is 0.304. The Labute approximate surface area is 295 Å². The second-order valence-corrected chi connectivity index (χ2v) is 14.9. The summed E-state index contributed by atoms with van der Waals surface area (Å²) < 4.78 is 0. The molecule has 0 heterocycles. The number of hydrogen-bond acceptors (Lipinski definition) is 2. The highest BCUT2D eigenvalue weighted by Gasteiger charge is 2.38. The van der Waals surface area contributed by atoms with Gasteiger partial charge in [0.25, 0.3) is 0 Å². The number of fused-ring (bicyclic) bond motifs is 6. The Balaban J connectivity index is 1.50. The zero-order valence-electron chi connectivity index (χ0n) is 29.9. The number of rotatable bonds is 10. The minimum Gasteiger partial charge on any atom is -0.478 e. The summed E-state index contributed by atoms with van der Waals surface area (Å²) in [5, 5.41) is 19.9. The van der Waals surface area contributed by atoms with Crippen molar-refractivity contribution in [3.63, 3.8) is 0 Å². The molecule has 2 unspecified atom stereocenters. The van der Waals surface area contributed by atoms with Gasteiger partial charge in [-0.25, -0.2) is 9.59 Å². The number of carboxylic acid groups (broad SMARTS) is 2. The fourth-order valence-corrected chi connectivity index (χ4v) is 8.54. The van der Waals surface area contributed by atoms with Gasteiger partial charge in [0.2, 0.25) is 0 Å². The van der Waals surface area contributed by atoms with Gasteiger partial charge in [0.1, 0.15) is 0 Å². The van der Waals surface area contributed by atoms with E-state index in [1.165, 1.54) is 45.0 Å². The quantitative estimate of drug-likeness (QED) is 0.153. The highest BCUT2D eigenvalue weighted by Crippen LogP contribution is 2.56. The lowest BCUT2D eigenvalue weighted by Crippen LogP contribution is -2.20. The number of aromatic carboxylic acids is 2. The average molecular weight is 663 g/mol. The molecule has 0 fully saturated rings. The molecule has 0 spiro atoms. The number of carboxylic acids is 2. The molecule has 0 bridgehead atoms. The van der Waals surface area contributed by atoms with Gasteiger partial charge >= 0.3 is 11.9 Å². The normalized spacial score (nSPS) is 16.0. The van der Waals surface area contributed by atoms with Crippen molar-refractivity contribution in [3.8, 4) is 22.3 Å². The van der Waals surface area contributed by atoms with Crippen LogP contribution in [0.1, 0.15) is 144 Å². The Morgan fingerprint density at radius 3 is 1.38 bits per heavy atom. The second kappa shape index (κ2) is 12.4. The molecule has 5 aromatic rings. The standard InChI is InChI=1S/C46H46O4/c1-7-45(5,8-2)29-17-20-31-34-26-39-35(25-38(34)41(36(31)23-29)27-14-12-11-13-15-27)32-21-18-30(46(6,9-3)10-4)24-37(32)42(39)28-16-19-33(43(47)48)40(22-28)44(49)50/h11-26,41-42H,7-10H2,1-6H3,(H,47,48)(H,49,50). The minimum absolute atomic E-state index is 0.00394. The molecule has 0 saturated heterocycles. The Hall–Kier alpha value is -4.96. The van der Waals surface area contributed by atoms with Gasteiger partial charge in [0, 0.05) is 11.8 Å². The van der Waals surface area contributed by atoms with Crippen molar-refractivity contribution < 1.29 is 19.8 Å². The third-order valence-corrected chi connectivity index (χ3v) is 12.6. The number of carbonyl (C=O) groups is 2. The van der Waals surface area contributed by atoms with Crippen LogP contribution < -0.4 is 0 Å². The molecular formula is C46H46O4. The molecular weight excluding hydrogens is 617 g/mol. The fourth-order valence-electron chi connectivity index (χ4n) is 8.54. The molecule has 2 N–H and O–H groups in total. The Morgan fingerprint density at radius 2 is 0.940 bits per heavy atom. The molecule has 0 saturated carbocycles. The summed E-state index contributed by atoms with van der Waals surface area (Å²) in [5.74, 6) is -2.64. The first-order valence-corrected chi connectivity index (χ1v) is 18.1. The number of benzene rings is 5. The largest absolute Gasteiger partial charge is 0.478 e. The summed E-state index contributed by atoms with van der Waals surface area (Å²) in [4.78, 5) is 24.4. The van der Waals surface area contributed by atoms with E-state index in [2.05, 4.69) is 120 Å². The van der Waals surface area contributed by atoms with Gasteiger partial charge in [0.05, 0.1) is 11.1 Å². The van der Waals surface area contributed by atoms with E-state index in [0.29, 0.717) is 0 Å². The lowest BCUT2D eigenvalue weighted by molar-refractivity contribution is 0.0651. The van der Waals surface area contributed by atoms with Crippen LogP contribution in [0.15, 0.2) is 97.1 Å². The van der Waals surface area contributed by atoms with E-state index in [-0.39, 0.29) is 33.8 Å². The maximum Gasteiger partial charge on any atom is 0.336 e. The van der Waals surface area contributed by atoms with Crippen LogP contribution in [0.3, 0.4) is 0 Å². The van der Waals surface area contributed by atoms with Crippen molar-refractivity contribution in [3.05, 3.63) is 153 Å². The van der Waals surface area contributed by atoms with Crippen LogP contribution in [0.2, 0.25) is 0 Å². The van der Waals surface area contributed by atoms with Crippen molar-refractivity contribution in [1.29, 1.82) is 0 Å². The predicted octanol–water partition coefficient (Wildman–Crippen LogP) is 11.6. The molecule has 4 nitrogen and oxygen atoms in total. The van der Waals surface area contributed by atoms with E-state index in [0.717, 1.165) is 53.5 Å². The molecule has 2 atom stereocenters. The second-order valence-electron chi connectivity index (χ2n) is 14.9. The van der Waals surface area contributed by atoms with Gasteiger partial charge in [-0.1, -0.05) is 114 Å². The summed E-state index contributed by atoms with van der Waals surface area (Å²) in [7, 11) is 0. The molecule has 0 aromatic heterocycles. The SMILES string of the molecule is CCC(C)(CC)c1ccc2c(c1)C(c1ccccc1)c1cc3c(cc1-2)C(c1ccc(C(=O)O)c(C(=O)O)c1)c1cc(C(C)(CC)CC)ccc1-3. The summed E-state index contributed by atoms with van der Waals surface area (Å²) in [6.07, 6.45) is 4.12. The van der Waals surface area contributed by atoms with Crippen LogP contribution in [0.25, 0.3) is 22.3 Å². The molecule has 5 aromatic carbocycles. The summed E-state index contributed by atoms with van der Waals surface area (Å²) >= 11 is 0. The predicted molar refractivity (Wildman–Crippen MR) is 202 cm³/mol. The summed E-state index contributed by atoms with van der Waals surface area (Å²) in [5.41, 5.74) is 14.0. The van der Waals surface area contributed by atoms with Gasteiger partial charge < -0.3 is 10.2 Å². The monoisotopic (exact) mass is 662 g/mol. The Morgan fingerprint density at radius 1 is 0.500 bits per heavy atom. The lowest BCUT2D eigenvalue weighted by Gasteiger charge is -2.28. The first-order valence-electron chi connectivity index (χ1n) is 18.1. The van der Waals surface area contributed by atoms with Crippen molar-refractivity contribution in [2.45, 2.75) is 89.9 Å². The van der Waals surface area contributed by atoms with E-state index in [1.807, 2.05) is 6.07 Å². The van der Waals surface area contributed by atoms with Crippen molar-refractivity contribution >= 4 is 11.9 Å². The average Bonchev–Trinajstić information content (AvgIpc) is 3.64. The smallest absolute Gasteiger partial charge is 0.336 e. The maximum atomic E-state index is 12.4. The van der Waals surface area contributed by atoms with Crippen LogP contribution in [0.4, 0.5) is 0 Å². The number of hydrogen-bond donors (Lipinski definition) is 2. The minimum atomic E-state index is -1.24. The van der Waals surface area contributed by atoms with Crippen LogP contribution >= 0.6 is 0 Å². The topological polar surface area (TPSA) is 74.6 Å². The first kappa shape index (κ1) is 33.5. The molecule has 4 heteroatoms. The molecule has 0 amide bonds. The Kier molecular flexibility index (Phi) is 8.33. The van der Waals surface area contributed by atoms with Gasteiger partial charge in [-0.2, -0.15) is 0 Å². The molecule has 0 aliphatic heterocycles. The zero-order valence-corrected chi connectivity index (χ0v) is 29.9. The van der Waals surface area contributed by atoms with E-state index in [4.69, 9.17) is 0 Å². The highest BCUT2D eigenvalue weighted by atomic mass is 16.4. The van der Waals surface area contributed by atoms with Crippen LogP contribution in [-0.2, 0) is 10.8 Å². The van der Waals surface area contributed by atoms with Gasteiger partial charge in [0.15, 0.2) is 0 Å². The first-order chi connectivity index (χ1) is 24.0. The maximum absolute atomic E-state index is 12.4. The molecule has 7 rings (SSSR count). The van der Waals surface area contributed by atoms with Gasteiger partial charge in [-0.3, -0.25) is 0 Å². The zero-order chi connectivity index (χ0) is 35.5. The summed E-state index contributed by atoms with van der Waals surface area (Å²) in [6, 6.07) is 34.3. The van der Waals surface area contributed by atoms with E-state index in [9.17, 15) is 19.8 Å².